The molecule has 0 unspecified atom stereocenters. The summed E-state index contributed by atoms with van der Waals surface area (Å²) < 4.78 is 11.8. The van der Waals surface area contributed by atoms with E-state index in [-0.39, 0.29) is 0 Å². The topological polar surface area (TPSA) is 18.5 Å². The van der Waals surface area contributed by atoms with Gasteiger partial charge in [-0.05, 0) is 24.8 Å². The zero-order valence-corrected chi connectivity index (χ0v) is 12.4. The summed E-state index contributed by atoms with van der Waals surface area (Å²) in [6.07, 6.45) is 7.85. The van der Waals surface area contributed by atoms with E-state index in [1.165, 1.54) is 44.6 Å². The van der Waals surface area contributed by atoms with Crippen LogP contribution in [-0.4, -0.2) is 22.8 Å². The number of hydrogen-bond donors (Lipinski definition) is 0. The second kappa shape index (κ2) is 6.77. The van der Waals surface area contributed by atoms with E-state index >= 15 is 0 Å². The van der Waals surface area contributed by atoms with Crippen LogP contribution in [0.15, 0.2) is 0 Å². The lowest BCUT2D eigenvalue weighted by Gasteiger charge is -2.38. The Kier molecular flexibility index (Phi) is 6.01. The van der Waals surface area contributed by atoms with Crippen LogP contribution in [0.3, 0.4) is 0 Å². The highest BCUT2D eigenvalue weighted by Gasteiger charge is 2.44. The maximum atomic E-state index is 5.88. The van der Waals surface area contributed by atoms with Crippen molar-refractivity contribution in [2.24, 2.45) is 5.92 Å². The van der Waals surface area contributed by atoms with Gasteiger partial charge in [-0.15, -0.1) is 0 Å². The smallest absolute Gasteiger partial charge is 0.340 e. The average Bonchev–Trinajstić information content (AvgIpc) is 2.33. The second-order valence-electron chi connectivity index (χ2n) is 5.28. The van der Waals surface area contributed by atoms with Crippen molar-refractivity contribution in [1.29, 1.82) is 0 Å². The molecule has 3 heteroatoms. The summed E-state index contributed by atoms with van der Waals surface area (Å²) in [6, 6.07) is 1.18. The van der Waals surface area contributed by atoms with Crippen molar-refractivity contribution in [2.45, 2.75) is 64.0 Å². The van der Waals surface area contributed by atoms with Gasteiger partial charge in [-0.25, -0.2) is 0 Å². The molecule has 0 heterocycles. The molecule has 1 fully saturated rings. The van der Waals surface area contributed by atoms with Crippen LogP contribution in [-0.2, 0) is 8.85 Å². The molecule has 0 N–H and O–H groups in total. The molecule has 0 aliphatic heterocycles. The molecule has 0 saturated heterocycles. The van der Waals surface area contributed by atoms with E-state index in [9.17, 15) is 0 Å². The molecule has 1 rings (SSSR count). The minimum atomic E-state index is -1.89. The Morgan fingerprint density at radius 3 is 2.06 bits per heavy atom. The largest absolute Gasteiger partial charge is 0.397 e. The summed E-state index contributed by atoms with van der Waals surface area (Å²) in [4.78, 5) is 0. The Morgan fingerprint density at radius 2 is 1.62 bits per heavy atom. The number of hydrogen-bond acceptors (Lipinski definition) is 2. The first kappa shape index (κ1) is 14.2. The van der Waals surface area contributed by atoms with E-state index < -0.39 is 8.56 Å². The highest BCUT2D eigenvalue weighted by atomic mass is 28.4. The van der Waals surface area contributed by atoms with Crippen LogP contribution in [0, 0.1) is 5.92 Å². The minimum absolute atomic E-state index is 0.727. The van der Waals surface area contributed by atoms with Gasteiger partial charge in [0.2, 0.25) is 0 Å². The summed E-state index contributed by atoms with van der Waals surface area (Å²) >= 11 is 0. The fraction of sp³-hybridized carbons (Fsp3) is 1.00. The molecule has 0 aromatic rings. The molecular formula is C13H28O2Si. The SMILES string of the molecule is CCCC[Si](OC)(OC)C1CCC(C)CC1. The molecule has 0 amide bonds. The van der Waals surface area contributed by atoms with Gasteiger partial charge in [0.15, 0.2) is 0 Å². The first-order valence-corrected chi connectivity index (χ1v) is 8.89. The van der Waals surface area contributed by atoms with Crippen LogP contribution < -0.4 is 0 Å². The molecule has 0 atom stereocenters. The van der Waals surface area contributed by atoms with Gasteiger partial charge in [0.1, 0.15) is 0 Å². The highest BCUT2D eigenvalue weighted by molar-refractivity contribution is 6.69. The molecule has 1 aliphatic carbocycles. The first-order chi connectivity index (χ1) is 7.68. The van der Waals surface area contributed by atoms with E-state index in [0.29, 0.717) is 0 Å². The molecule has 2 nitrogen and oxygen atoms in total. The molecular weight excluding hydrogens is 216 g/mol. The summed E-state index contributed by atoms with van der Waals surface area (Å²) in [5.74, 6) is 0.905. The van der Waals surface area contributed by atoms with Gasteiger partial charge in [-0.1, -0.05) is 39.5 Å². The van der Waals surface area contributed by atoms with Crippen molar-refractivity contribution in [3.63, 3.8) is 0 Å². The summed E-state index contributed by atoms with van der Waals surface area (Å²) in [5, 5.41) is 0. The monoisotopic (exact) mass is 244 g/mol. The third-order valence-corrected chi connectivity index (χ3v) is 8.46. The zero-order valence-electron chi connectivity index (χ0n) is 11.4. The Hall–Kier alpha value is 0.137. The van der Waals surface area contributed by atoms with Crippen molar-refractivity contribution in [3.8, 4) is 0 Å². The van der Waals surface area contributed by atoms with Crippen LogP contribution in [0.25, 0.3) is 0 Å². The second-order valence-corrected chi connectivity index (χ2v) is 9.04. The molecule has 0 bridgehead atoms. The van der Waals surface area contributed by atoms with Crippen molar-refractivity contribution in [1.82, 2.24) is 0 Å². The predicted octanol–water partition coefficient (Wildman–Crippen LogP) is 4.10. The first-order valence-electron chi connectivity index (χ1n) is 6.78. The summed E-state index contributed by atoms with van der Waals surface area (Å²) in [7, 11) is 1.84. The highest BCUT2D eigenvalue weighted by Crippen LogP contribution is 2.42. The molecule has 0 aromatic carbocycles. The van der Waals surface area contributed by atoms with Crippen molar-refractivity contribution in [2.75, 3.05) is 14.2 Å². The molecule has 0 aromatic heterocycles. The fourth-order valence-corrected chi connectivity index (χ4v) is 6.66. The van der Waals surface area contributed by atoms with Gasteiger partial charge in [-0.3, -0.25) is 0 Å². The summed E-state index contributed by atoms with van der Waals surface area (Å²) in [6.45, 7) is 4.61. The molecule has 0 spiro atoms. The standard InChI is InChI=1S/C13H28O2Si/c1-5-6-11-16(14-3,15-4)13-9-7-12(2)8-10-13/h12-13H,5-11H2,1-4H3. The van der Waals surface area contributed by atoms with Crippen molar-refractivity contribution < 1.29 is 8.85 Å². The lowest BCUT2D eigenvalue weighted by atomic mass is 9.90. The Morgan fingerprint density at radius 1 is 1.06 bits per heavy atom. The Bertz CT molecular complexity index is 184. The maximum Gasteiger partial charge on any atom is 0.340 e. The Labute approximate surface area is 102 Å². The minimum Gasteiger partial charge on any atom is -0.397 e. The van der Waals surface area contributed by atoms with E-state index in [1.807, 2.05) is 14.2 Å². The van der Waals surface area contributed by atoms with E-state index in [0.717, 1.165) is 11.5 Å². The van der Waals surface area contributed by atoms with Crippen LogP contribution in [0.1, 0.15) is 52.4 Å². The van der Waals surface area contributed by atoms with E-state index in [2.05, 4.69) is 13.8 Å². The van der Waals surface area contributed by atoms with Gasteiger partial charge < -0.3 is 8.85 Å². The van der Waals surface area contributed by atoms with Crippen LogP contribution in [0.4, 0.5) is 0 Å². The Balaban J connectivity index is 2.60. The zero-order chi connectivity index (χ0) is 12.0. The number of rotatable bonds is 6. The van der Waals surface area contributed by atoms with Gasteiger partial charge in [0.05, 0.1) is 0 Å². The van der Waals surface area contributed by atoms with Gasteiger partial charge in [0, 0.05) is 19.8 Å². The molecule has 16 heavy (non-hydrogen) atoms. The van der Waals surface area contributed by atoms with Crippen LogP contribution in [0.5, 0.6) is 0 Å². The van der Waals surface area contributed by atoms with Gasteiger partial charge >= 0.3 is 8.56 Å². The third kappa shape index (κ3) is 3.31. The molecule has 1 saturated carbocycles. The lowest BCUT2D eigenvalue weighted by molar-refractivity contribution is 0.208. The van der Waals surface area contributed by atoms with Crippen LogP contribution in [0.2, 0.25) is 11.6 Å². The van der Waals surface area contributed by atoms with E-state index in [4.69, 9.17) is 8.85 Å². The van der Waals surface area contributed by atoms with E-state index in [1.54, 1.807) is 0 Å². The van der Waals surface area contributed by atoms with Gasteiger partial charge in [-0.2, -0.15) is 0 Å². The maximum absolute atomic E-state index is 5.88. The number of unbranched alkanes of at least 4 members (excludes halogenated alkanes) is 1. The van der Waals surface area contributed by atoms with Crippen molar-refractivity contribution in [3.05, 3.63) is 0 Å². The summed E-state index contributed by atoms with van der Waals surface area (Å²) in [5.41, 5.74) is 0.727. The average molecular weight is 244 g/mol. The molecule has 0 radical (unpaired) electrons. The third-order valence-electron chi connectivity index (χ3n) is 4.21. The van der Waals surface area contributed by atoms with Crippen molar-refractivity contribution >= 4 is 8.56 Å². The predicted molar refractivity (Wildman–Crippen MR) is 70.9 cm³/mol. The fourth-order valence-electron chi connectivity index (χ4n) is 2.95. The van der Waals surface area contributed by atoms with Gasteiger partial charge in [0.25, 0.3) is 0 Å². The lowest BCUT2D eigenvalue weighted by Crippen LogP contribution is -2.46. The normalized spacial score (nSPS) is 27.0. The quantitative estimate of drug-likeness (QED) is 0.655. The molecule has 96 valence electrons. The van der Waals surface area contributed by atoms with Crippen LogP contribution >= 0.6 is 0 Å². The molecule has 1 aliphatic rings.